The lowest BCUT2D eigenvalue weighted by molar-refractivity contribution is 0.115. The monoisotopic (exact) mass is 240 g/mol. The van der Waals surface area contributed by atoms with Gasteiger partial charge >= 0.3 is 0 Å². The molecule has 0 aromatic heterocycles. The van der Waals surface area contributed by atoms with Gasteiger partial charge in [0.05, 0.1) is 0 Å². The van der Waals surface area contributed by atoms with Crippen molar-refractivity contribution in [2.45, 2.75) is 65.8 Å². The molecule has 2 nitrogen and oxygen atoms in total. The van der Waals surface area contributed by atoms with Gasteiger partial charge in [0, 0.05) is 19.1 Å². The van der Waals surface area contributed by atoms with E-state index in [4.69, 9.17) is 0 Å². The standard InChI is InChI=1S/C15H32N2/c1-5-7-14(3)16-10-13-17-11-8-15(4,6-2)9-12-17/h14,16H,5-13H2,1-4H3. The Morgan fingerprint density at radius 1 is 1.24 bits per heavy atom. The van der Waals surface area contributed by atoms with Gasteiger partial charge in [-0.25, -0.2) is 0 Å². The molecular formula is C15H32N2. The lowest BCUT2D eigenvalue weighted by atomic mass is 9.78. The van der Waals surface area contributed by atoms with Crippen molar-refractivity contribution in [2.24, 2.45) is 5.41 Å². The van der Waals surface area contributed by atoms with Crippen molar-refractivity contribution in [3.63, 3.8) is 0 Å². The first-order chi connectivity index (χ1) is 8.09. The molecule has 1 N–H and O–H groups in total. The fourth-order valence-electron chi connectivity index (χ4n) is 2.67. The molecule has 0 saturated carbocycles. The van der Waals surface area contributed by atoms with Crippen LogP contribution in [0.1, 0.15) is 59.8 Å². The second-order valence-electron chi connectivity index (χ2n) is 6.15. The molecule has 1 unspecified atom stereocenters. The molecule has 1 heterocycles. The van der Waals surface area contributed by atoms with Gasteiger partial charge in [0.25, 0.3) is 0 Å². The molecule has 0 spiro atoms. The SMILES string of the molecule is CCCC(C)NCCN1CCC(C)(CC)CC1. The molecule has 2 heteroatoms. The highest BCUT2D eigenvalue weighted by Gasteiger charge is 2.27. The van der Waals surface area contributed by atoms with E-state index in [1.54, 1.807) is 0 Å². The molecule has 0 radical (unpaired) electrons. The van der Waals surface area contributed by atoms with E-state index >= 15 is 0 Å². The maximum Gasteiger partial charge on any atom is 0.0107 e. The van der Waals surface area contributed by atoms with E-state index in [0.717, 1.165) is 6.54 Å². The maximum absolute atomic E-state index is 3.62. The van der Waals surface area contributed by atoms with Crippen LogP contribution in [0.2, 0.25) is 0 Å². The fourth-order valence-corrected chi connectivity index (χ4v) is 2.67. The van der Waals surface area contributed by atoms with Gasteiger partial charge in [-0.3, -0.25) is 0 Å². The van der Waals surface area contributed by atoms with Crippen molar-refractivity contribution in [2.75, 3.05) is 26.2 Å². The van der Waals surface area contributed by atoms with E-state index in [-0.39, 0.29) is 0 Å². The highest BCUT2D eigenvalue weighted by molar-refractivity contribution is 4.81. The number of rotatable bonds is 7. The molecular weight excluding hydrogens is 208 g/mol. The minimum Gasteiger partial charge on any atom is -0.313 e. The molecule has 0 aromatic carbocycles. The average Bonchev–Trinajstić information content (AvgIpc) is 2.32. The van der Waals surface area contributed by atoms with Gasteiger partial charge in [-0.05, 0) is 44.7 Å². The zero-order valence-electron chi connectivity index (χ0n) is 12.4. The molecule has 17 heavy (non-hydrogen) atoms. The minimum absolute atomic E-state index is 0.624. The average molecular weight is 240 g/mol. The number of piperidine rings is 1. The Morgan fingerprint density at radius 2 is 1.88 bits per heavy atom. The smallest absolute Gasteiger partial charge is 0.0107 e. The molecule has 1 saturated heterocycles. The molecule has 1 aliphatic rings. The normalized spacial score (nSPS) is 22.6. The molecule has 1 fully saturated rings. The molecule has 0 aromatic rings. The van der Waals surface area contributed by atoms with E-state index in [0.29, 0.717) is 11.5 Å². The second-order valence-corrected chi connectivity index (χ2v) is 6.15. The molecule has 0 amide bonds. The molecule has 102 valence electrons. The fraction of sp³-hybridized carbons (Fsp3) is 1.00. The molecule has 1 rings (SSSR count). The summed E-state index contributed by atoms with van der Waals surface area (Å²) in [6.45, 7) is 14.3. The largest absolute Gasteiger partial charge is 0.313 e. The Bertz CT molecular complexity index is 195. The molecule has 1 aliphatic heterocycles. The summed E-state index contributed by atoms with van der Waals surface area (Å²) in [5, 5.41) is 3.62. The highest BCUT2D eigenvalue weighted by Crippen LogP contribution is 2.33. The van der Waals surface area contributed by atoms with Gasteiger partial charge in [0.1, 0.15) is 0 Å². The van der Waals surface area contributed by atoms with Gasteiger partial charge in [-0.15, -0.1) is 0 Å². The van der Waals surface area contributed by atoms with Gasteiger partial charge in [0.2, 0.25) is 0 Å². The maximum atomic E-state index is 3.62. The van der Waals surface area contributed by atoms with Crippen LogP contribution < -0.4 is 5.32 Å². The first-order valence-electron chi connectivity index (χ1n) is 7.55. The Hall–Kier alpha value is -0.0800. The number of nitrogens with one attached hydrogen (secondary N) is 1. The first kappa shape index (κ1) is 15.0. The highest BCUT2D eigenvalue weighted by atomic mass is 15.1. The number of hydrogen-bond donors (Lipinski definition) is 1. The number of nitrogens with zero attached hydrogens (tertiary/aromatic N) is 1. The minimum atomic E-state index is 0.624. The molecule has 0 aliphatic carbocycles. The van der Waals surface area contributed by atoms with Crippen LogP contribution in [-0.2, 0) is 0 Å². The second kappa shape index (κ2) is 7.38. The van der Waals surface area contributed by atoms with Crippen molar-refractivity contribution in [1.29, 1.82) is 0 Å². The van der Waals surface area contributed by atoms with Gasteiger partial charge < -0.3 is 10.2 Å². The van der Waals surface area contributed by atoms with Crippen LogP contribution in [0.3, 0.4) is 0 Å². The van der Waals surface area contributed by atoms with Crippen molar-refractivity contribution in [3.05, 3.63) is 0 Å². The zero-order valence-corrected chi connectivity index (χ0v) is 12.4. The van der Waals surface area contributed by atoms with E-state index in [2.05, 4.69) is 37.9 Å². The van der Waals surface area contributed by atoms with E-state index in [9.17, 15) is 0 Å². The number of hydrogen-bond acceptors (Lipinski definition) is 2. The van der Waals surface area contributed by atoms with Gasteiger partial charge in [-0.1, -0.05) is 33.6 Å². The summed E-state index contributed by atoms with van der Waals surface area (Å²) in [7, 11) is 0. The molecule has 0 bridgehead atoms. The van der Waals surface area contributed by atoms with Gasteiger partial charge in [-0.2, -0.15) is 0 Å². The van der Waals surface area contributed by atoms with Crippen molar-refractivity contribution < 1.29 is 0 Å². The summed E-state index contributed by atoms with van der Waals surface area (Å²) in [4.78, 5) is 2.63. The van der Waals surface area contributed by atoms with Crippen LogP contribution in [0.4, 0.5) is 0 Å². The summed E-state index contributed by atoms with van der Waals surface area (Å²) < 4.78 is 0. The third kappa shape index (κ3) is 5.39. The summed E-state index contributed by atoms with van der Waals surface area (Å²) in [5.41, 5.74) is 0.624. The lowest BCUT2D eigenvalue weighted by Gasteiger charge is -2.39. The lowest BCUT2D eigenvalue weighted by Crippen LogP contribution is -2.42. The van der Waals surface area contributed by atoms with Crippen LogP contribution in [0.25, 0.3) is 0 Å². The third-order valence-electron chi connectivity index (χ3n) is 4.56. The first-order valence-corrected chi connectivity index (χ1v) is 7.55. The van der Waals surface area contributed by atoms with E-state index in [1.807, 2.05) is 0 Å². The predicted octanol–water partition coefficient (Wildman–Crippen LogP) is 3.28. The third-order valence-corrected chi connectivity index (χ3v) is 4.56. The van der Waals surface area contributed by atoms with Crippen molar-refractivity contribution >= 4 is 0 Å². The quantitative estimate of drug-likeness (QED) is 0.735. The van der Waals surface area contributed by atoms with Crippen LogP contribution in [-0.4, -0.2) is 37.1 Å². The van der Waals surface area contributed by atoms with Crippen molar-refractivity contribution in [3.8, 4) is 0 Å². The van der Waals surface area contributed by atoms with Crippen LogP contribution in [0.5, 0.6) is 0 Å². The summed E-state index contributed by atoms with van der Waals surface area (Å²) >= 11 is 0. The summed E-state index contributed by atoms with van der Waals surface area (Å²) in [5.74, 6) is 0. The summed E-state index contributed by atoms with van der Waals surface area (Å²) in [6.07, 6.45) is 6.69. The predicted molar refractivity (Wildman–Crippen MR) is 76.4 cm³/mol. The summed E-state index contributed by atoms with van der Waals surface area (Å²) in [6, 6.07) is 0.686. The Morgan fingerprint density at radius 3 is 2.41 bits per heavy atom. The molecule has 1 atom stereocenters. The van der Waals surface area contributed by atoms with Crippen LogP contribution >= 0.6 is 0 Å². The van der Waals surface area contributed by atoms with Crippen molar-refractivity contribution in [1.82, 2.24) is 10.2 Å². The van der Waals surface area contributed by atoms with Crippen LogP contribution in [0, 0.1) is 5.41 Å². The Labute approximate surface area is 108 Å². The van der Waals surface area contributed by atoms with Crippen LogP contribution in [0.15, 0.2) is 0 Å². The number of likely N-dealkylation sites (tertiary alicyclic amines) is 1. The van der Waals surface area contributed by atoms with E-state index in [1.165, 1.54) is 51.7 Å². The Kier molecular flexibility index (Phi) is 6.50. The topological polar surface area (TPSA) is 15.3 Å². The van der Waals surface area contributed by atoms with Gasteiger partial charge in [0.15, 0.2) is 0 Å². The zero-order chi connectivity index (χ0) is 12.7. The van der Waals surface area contributed by atoms with E-state index < -0.39 is 0 Å². The Balaban J connectivity index is 2.10.